The summed E-state index contributed by atoms with van der Waals surface area (Å²) in [4.78, 5) is 28.7. The molecule has 0 bridgehead atoms. The minimum atomic E-state index is -0.876. The van der Waals surface area contributed by atoms with E-state index in [1.165, 1.54) is 11.0 Å². The number of carbonyl (C=O) groups excluding carboxylic acids is 2. The van der Waals surface area contributed by atoms with E-state index in [1.807, 2.05) is 27.9 Å². The minimum absolute atomic E-state index is 0.0552. The first kappa shape index (κ1) is 26.1. The van der Waals surface area contributed by atoms with Crippen molar-refractivity contribution in [3.63, 3.8) is 0 Å². The summed E-state index contributed by atoms with van der Waals surface area (Å²) in [7, 11) is 3.90. The van der Waals surface area contributed by atoms with E-state index >= 15 is 0 Å². The van der Waals surface area contributed by atoms with Gasteiger partial charge in [0, 0.05) is 5.57 Å². The second-order valence-electron chi connectivity index (χ2n) is 9.32. The molecule has 1 aliphatic heterocycles. The molecule has 8 nitrogen and oxygen atoms in total. The van der Waals surface area contributed by atoms with Crippen molar-refractivity contribution in [2.45, 2.75) is 26.8 Å². The Morgan fingerprint density at radius 3 is 2.40 bits per heavy atom. The lowest BCUT2D eigenvalue weighted by molar-refractivity contribution is -0.857. The van der Waals surface area contributed by atoms with Crippen molar-refractivity contribution in [1.82, 2.24) is 4.90 Å². The summed E-state index contributed by atoms with van der Waals surface area (Å²) < 4.78 is 11.2. The standard InChI is InChI=1S/C27H34N2O6/c1-6-34-22-15-19(9-12-21(22)30)24-23(26(32)27(33)29(24)14-13-28(4)5)25(31)18-7-10-20(11-8-18)35-16-17(2)3/h7-12,15,17,24,30-31H,6,13-14,16H2,1-5H3/b25-23+. The highest BCUT2D eigenvalue weighted by Crippen LogP contribution is 2.41. The van der Waals surface area contributed by atoms with Gasteiger partial charge >= 0.3 is 0 Å². The van der Waals surface area contributed by atoms with Gasteiger partial charge in [0.1, 0.15) is 5.75 Å². The van der Waals surface area contributed by atoms with E-state index in [0.717, 1.165) is 4.90 Å². The molecule has 2 aromatic rings. The van der Waals surface area contributed by atoms with Crippen molar-refractivity contribution in [3.8, 4) is 17.2 Å². The van der Waals surface area contributed by atoms with Gasteiger partial charge in [-0.05, 0) is 48.2 Å². The van der Waals surface area contributed by atoms with Crippen LogP contribution >= 0.6 is 0 Å². The molecule has 35 heavy (non-hydrogen) atoms. The Bertz CT molecular complexity index is 1090. The molecule has 1 atom stereocenters. The highest BCUT2D eigenvalue weighted by Gasteiger charge is 2.44. The maximum absolute atomic E-state index is 13.6. The highest BCUT2D eigenvalue weighted by atomic mass is 16.5. The van der Waals surface area contributed by atoms with Gasteiger partial charge in [0.05, 0.1) is 46.4 Å². The van der Waals surface area contributed by atoms with Crippen LogP contribution in [0.1, 0.15) is 37.9 Å². The van der Waals surface area contributed by atoms with Gasteiger partial charge in [-0.2, -0.15) is 0 Å². The number of likely N-dealkylation sites (tertiary alicyclic amines) is 1. The van der Waals surface area contributed by atoms with E-state index in [2.05, 4.69) is 0 Å². The summed E-state index contributed by atoms with van der Waals surface area (Å²) in [5.41, 5.74) is 0.721. The first-order valence-electron chi connectivity index (χ1n) is 11.9. The lowest BCUT2D eigenvalue weighted by Crippen LogP contribution is -3.06. The van der Waals surface area contributed by atoms with Crippen LogP contribution in [0.3, 0.4) is 0 Å². The number of benzene rings is 2. The number of phenolic OH excluding ortho intramolecular Hbond substituents is 1. The highest BCUT2D eigenvalue weighted by molar-refractivity contribution is 6.46. The molecule has 1 fully saturated rings. The summed E-state index contributed by atoms with van der Waals surface area (Å²) in [6.07, 6.45) is 0. The molecule has 0 aromatic heterocycles. The molecule has 0 spiro atoms. The molecule has 1 aliphatic rings. The molecule has 0 aliphatic carbocycles. The van der Waals surface area contributed by atoms with Gasteiger partial charge < -0.3 is 29.5 Å². The third kappa shape index (κ3) is 5.95. The summed E-state index contributed by atoms with van der Waals surface area (Å²) in [6.45, 7) is 7.63. The Kier molecular flexibility index (Phi) is 8.40. The molecule has 2 aromatic carbocycles. The van der Waals surface area contributed by atoms with Crippen LogP contribution in [0.4, 0.5) is 0 Å². The van der Waals surface area contributed by atoms with Gasteiger partial charge in [-0.1, -0.05) is 37.8 Å². The van der Waals surface area contributed by atoms with Crippen LogP contribution in [-0.2, 0) is 9.59 Å². The number of likely N-dealkylation sites (N-methyl/N-ethyl adjacent to an activating group) is 1. The van der Waals surface area contributed by atoms with Gasteiger partial charge in [0.25, 0.3) is 5.91 Å². The number of carbonyl (C=O) groups is 2. The Labute approximate surface area is 206 Å². The predicted octanol–water partition coefficient (Wildman–Crippen LogP) is 1.19. The smallest absolute Gasteiger partial charge is 0.295 e. The van der Waals surface area contributed by atoms with Crippen molar-refractivity contribution in [2.75, 3.05) is 40.4 Å². The molecule has 1 saturated heterocycles. The average Bonchev–Trinajstić information content (AvgIpc) is 3.07. The number of hydrogen-bond donors (Lipinski definition) is 2. The van der Waals surface area contributed by atoms with Crippen LogP contribution in [0.5, 0.6) is 17.2 Å². The first-order chi connectivity index (χ1) is 16.6. The van der Waals surface area contributed by atoms with Gasteiger partial charge in [-0.3, -0.25) is 9.59 Å². The normalized spacial score (nSPS) is 17.5. The molecular formula is C27H34N2O6. The number of hydrogen-bond acceptors (Lipinski definition) is 6. The van der Waals surface area contributed by atoms with Crippen molar-refractivity contribution in [2.24, 2.45) is 5.92 Å². The number of amides is 1. The number of Topliss-reactive ketones (excluding diaryl/α,β-unsaturated/α-hetero) is 1. The van der Waals surface area contributed by atoms with Crippen LogP contribution < -0.4 is 19.5 Å². The summed E-state index contributed by atoms with van der Waals surface area (Å²) >= 11 is 0. The fourth-order valence-corrected chi connectivity index (χ4v) is 3.88. The number of nitrogens with zero attached hydrogens (tertiary/aromatic N) is 1. The lowest BCUT2D eigenvalue weighted by atomic mass is 9.95. The topological polar surface area (TPSA) is 104 Å². The third-order valence-corrected chi connectivity index (χ3v) is 5.68. The lowest BCUT2D eigenvalue weighted by Gasteiger charge is -2.28. The van der Waals surface area contributed by atoms with Gasteiger partial charge in [-0.15, -0.1) is 0 Å². The fraction of sp³-hybridized carbons (Fsp3) is 0.407. The van der Waals surface area contributed by atoms with Crippen LogP contribution in [-0.4, -0.2) is 62.1 Å². The summed E-state index contributed by atoms with van der Waals surface area (Å²) in [6, 6.07) is 10.4. The Morgan fingerprint density at radius 2 is 1.80 bits per heavy atom. The zero-order valence-electron chi connectivity index (χ0n) is 21.0. The second kappa shape index (κ2) is 11.3. The van der Waals surface area contributed by atoms with Crippen molar-refractivity contribution in [1.29, 1.82) is 0 Å². The van der Waals surface area contributed by atoms with E-state index in [1.54, 1.807) is 43.3 Å². The van der Waals surface area contributed by atoms with Crippen molar-refractivity contribution in [3.05, 3.63) is 59.2 Å². The van der Waals surface area contributed by atoms with Crippen molar-refractivity contribution >= 4 is 17.4 Å². The number of ketones is 1. The minimum Gasteiger partial charge on any atom is -0.872 e. The molecular weight excluding hydrogens is 448 g/mol. The summed E-state index contributed by atoms with van der Waals surface area (Å²) in [5.74, 6) is -0.858. The van der Waals surface area contributed by atoms with E-state index in [0.29, 0.717) is 49.1 Å². The largest absolute Gasteiger partial charge is 0.872 e. The van der Waals surface area contributed by atoms with Crippen LogP contribution in [0.25, 0.3) is 5.76 Å². The second-order valence-corrected chi connectivity index (χ2v) is 9.32. The predicted molar refractivity (Wildman–Crippen MR) is 130 cm³/mol. The Hall–Kier alpha value is -3.52. The van der Waals surface area contributed by atoms with E-state index in [-0.39, 0.29) is 17.1 Å². The van der Waals surface area contributed by atoms with E-state index in [9.17, 15) is 19.8 Å². The molecule has 0 saturated carbocycles. The number of ether oxygens (including phenoxy) is 2. The first-order valence-corrected chi connectivity index (χ1v) is 11.9. The molecule has 3 rings (SSSR count). The molecule has 8 heteroatoms. The van der Waals surface area contributed by atoms with Crippen LogP contribution in [0.15, 0.2) is 48.0 Å². The fourth-order valence-electron chi connectivity index (χ4n) is 3.88. The molecule has 2 N–H and O–H groups in total. The monoisotopic (exact) mass is 482 g/mol. The van der Waals surface area contributed by atoms with Crippen LogP contribution in [0, 0.1) is 5.92 Å². The molecule has 0 radical (unpaired) electrons. The zero-order chi connectivity index (χ0) is 25.7. The SMILES string of the molecule is CCOc1cc(C2/C(=C(\[O-])c3ccc(OCC(C)C)cc3)C(=O)C(=O)N2CC[NH+](C)C)ccc1O. The number of quaternary nitrogens is 1. The number of aromatic hydroxyl groups is 1. The van der Waals surface area contributed by atoms with Gasteiger partial charge in [0.15, 0.2) is 11.5 Å². The quantitative estimate of drug-likeness (QED) is 0.300. The van der Waals surface area contributed by atoms with Gasteiger partial charge in [0.2, 0.25) is 5.78 Å². The average molecular weight is 483 g/mol. The maximum Gasteiger partial charge on any atom is 0.295 e. The third-order valence-electron chi connectivity index (χ3n) is 5.68. The Balaban J connectivity index is 2.07. The molecule has 188 valence electrons. The Morgan fingerprint density at radius 1 is 1.11 bits per heavy atom. The van der Waals surface area contributed by atoms with E-state index < -0.39 is 23.5 Å². The van der Waals surface area contributed by atoms with Gasteiger partial charge in [-0.25, -0.2) is 0 Å². The number of nitrogens with one attached hydrogen (secondary N) is 1. The van der Waals surface area contributed by atoms with E-state index in [4.69, 9.17) is 9.47 Å². The zero-order valence-corrected chi connectivity index (χ0v) is 21.0. The van der Waals surface area contributed by atoms with Crippen LogP contribution in [0.2, 0.25) is 0 Å². The summed E-state index contributed by atoms with van der Waals surface area (Å²) in [5, 5.41) is 23.7. The molecule has 1 amide bonds. The number of rotatable bonds is 10. The molecule has 1 unspecified atom stereocenters. The van der Waals surface area contributed by atoms with Crippen molar-refractivity contribution < 1.29 is 34.2 Å². The molecule has 1 heterocycles. The maximum atomic E-state index is 13.6. The number of phenols is 1.